The fourth-order valence-corrected chi connectivity index (χ4v) is 5.05. The minimum absolute atomic E-state index is 0.195. The number of piperazine rings is 1. The number of nitrogens with zero attached hydrogens (tertiary/aromatic N) is 2. The van der Waals surface area contributed by atoms with Crippen molar-refractivity contribution in [1.82, 2.24) is 9.21 Å². The van der Waals surface area contributed by atoms with Gasteiger partial charge in [-0.3, -0.25) is 4.79 Å². The molecule has 7 heteroatoms. The van der Waals surface area contributed by atoms with Crippen LogP contribution < -0.4 is 5.32 Å². The van der Waals surface area contributed by atoms with Gasteiger partial charge in [-0.15, -0.1) is 0 Å². The van der Waals surface area contributed by atoms with Gasteiger partial charge in [0.2, 0.25) is 15.9 Å². The fraction of sp³-hybridized carbons (Fsp3) is 0.348. The van der Waals surface area contributed by atoms with E-state index in [-0.39, 0.29) is 10.8 Å². The van der Waals surface area contributed by atoms with E-state index >= 15 is 0 Å². The molecule has 0 saturated carbocycles. The lowest BCUT2D eigenvalue weighted by Crippen LogP contribution is -2.48. The van der Waals surface area contributed by atoms with E-state index in [9.17, 15) is 13.2 Å². The Bertz CT molecular complexity index is 953. The Morgan fingerprint density at radius 2 is 1.73 bits per heavy atom. The number of hydrogen-bond acceptors (Lipinski definition) is 4. The summed E-state index contributed by atoms with van der Waals surface area (Å²) in [7, 11) is -3.58. The van der Waals surface area contributed by atoms with Gasteiger partial charge < -0.3 is 10.2 Å². The van der Waals surface area contributed by atoms with Gasteiger partial charge >= 0.3 is 0 Å². The Labute approximate surface area is 179 Å². The predicted molar refractivity (Wildman–Crippen MR) is 120 cm³/mol. The largest absolute Gasteiger partial charge is 0.322 e. The van der Waals surface area contributed by atoms with Crippen LogP contribution in [0.5, 0.6) is 0 Å². The third kappa shape index (κ3) is 6.01. The minimum Gasteiger partial charge on any atom is -0.322 e. The summed E-state index contributed by atoms with van der Waals surface area (Å²) in [5.41, 5.74) is 1.80. The van der Waals surface area contributed by atoms with E-state index in [2.05, 4.69) is 41.1 Å². The highest BCUT2D eigenvalue weighted by atomic mass is 32.2. The van der Waals surface area contributed by atoms with Crippen LogP contribution in [0, 0.1) is 0 Å². The summed E-state index contributed by atoms with van der Waals surface area (Å²) < 4.78 is 27.5. The number of carbonyl (C=O) groups excluding carboxylic acids is 1. The first-order valence-electron chi connectivity index (χ1n) is 10.3. The molecule has 30 heavy (non-hydrogen) atoms. The number of sulfonamides is 1. The van der Waals surface area contributed by atoms with Crippen molar-refractivity contribution in [3.05, 3.63) is 72.8 Å². The normalized spacial score (nSPS) is 15.6. The number of benzene rings is 2. The molecule has 6 nitrogen and oxygen atoms in total. The van der Waals surface area contributed by atoms with Gasteiger partial charge in [-0.2, -0.15) is 4.31 Å². The lowest BCUT2D eigenvalue weighted by atomic mass is 10.1. The molecule has 1 fully saturated rings. The minimum atomic E-state index is -3.58. The van der Waals surface area contributed by atoms with Crippen molar-refractivity contribution in [2.24, 2.45) is 0 Å². The number of unbranched alkanes of at least 4 members (excludes halogenated alkanes) is 1. The highest BCUT2D eigenvalue weighted by Crippen LogP contribution is 2.21. The predicted octanol–water partition coefficient (Wildman–Crippen LogP) is 3.14. The number of nitrogens with one attached hydrogen (secondary N) is 1. The Balaban J connectivity index is 1.48. The average molecular weight is 428 g/mol. The molecule has 0 aliphatic carbocycles. The maximum atomic E-state index is 13.0. The van der Waals surface area contributed by atoms with Crippen molar-refractivity contribution >= 4 is 21.6 Å². The van der Waals surface area contributed by atoms with Crippen molar-refractivity contribution in [2.75, 3.05) is 38.0 Å². The number of rotatable bonds is 9. The van der Waals surface area contributed by atoms with E-state index in [4.69, 9.17) is 0 Å². The van der Waals surface area contributed by atoms with Gasteiger partial charge in [0, 0.05) is 31.9 Å². The first kappa shape index (κ1) is 22.2. The van der Waals surface area contributed by atoms with Gasteiger partial charge in [0.1, 0.15) is 0 Å². The van der Waals surface area contributed by atoms with Crippen molar-refractivity contribution in [2.45, 2.75) is 24.2 Å². The van der Waals surface area contributed by atoms with Crippen molar-refractivity contribution in [1.29, 1.82) is 0 Å². The van der Waals surface area contributed by atoms with Gasteiger partial charge in [0.25, 0.3) is 0 Å². The van der Waals surface area contributed by atoms with E-state index < -0.39 is 10.0 Å². The Kier molecular flexibility index (Phi) is 7.79. The molecule has 160 valence electrons. The quantitative estimate of drug-likeness (QED) is 0.493. The Hall–Kier alpha value is -2.48. The first-order chi connectivity index (χ1) is 14.5. The summed E-state index contributed by atoms with van der Waals surface area (Å²) in [6.07, 6.45) is 4.46. The molecule has 1 saturated heterocycles. The summed E-state index contributed by atoms with van der Waals surface area (Å²) >= 11 is 0. The van der Waals surface area contributed by atoms with Crippen molar-refractivity contribution in [3.63, 3.8) is 0 Å². The van der Waals surface area contributed by atoms with Crippen LogP contribution in [-0.4, -0.2) is 56.3 Å². The van der Waals surface area contributed by atoms with E-state index in [0.717, 1.165) is 45.0 Å². The van der Waals surface area contributed by atoms with Crippen LogP contribution in [0.1, 0.15) is 18.4 Å². The highest BCUT2D eigenvalue weighted by molar-refractivity contribution is 7.89. The molecule has 0 atom stereocenters. The maximum absolute atomic E-state index is 13.0. The lowest BCUT2D eigenvalue weighted by Gasteiger charge is -2.34. The molecule has 0 radical (unpaired) electrons. The third-order valence-electron chi connectivity index (χ3n) is 5.29. The molecule has 0 bridgehead atoms. The van der Waals surface area contributed by atoms with Crippen LogP contribution in [0.2, 0.25) is 0 Å². The zero-order chi connectivity index (χ0) is 21.4. The topological polar surface area (TPSA) is 69.7 Å². The van der Waals surface area contributed by atoms with E-state index in [1.165, 1.54) is 15.9 Å². The highest BCUT2D eigenvalue weighted by Gasteiger charge is 2.28. The smallest absolute Gasteiger partial charge is 0.247 e. The molecular weight excluding hydrogens is 398 g/mol. The first-order valence-corrected chi connectivity index (χ1v) is 11.7. The van der Waals surface area contributed by atoms with E-state index in [1.54, 1.807) is 18.2 Å². The average Bonchev–Trinajstić information content (AvgIpc) is 2.78. The van der Waals surface area contributed by atoms with Crippen LogP contribution in [0.25, 0.3) is 0 Å². The molecule has 1 amide bonds. The molecule has 1 aliphatic heterocycles. The molecule has 1 N–H and O–H groups in total. The zero-order valence-electron chi connectivity index (χ0n) is 17.2. The van der Waals surface area contributed by atoms with Crippen molar-refractivity contribution in [3.8, 4) is 0 Å². The molecule has 0 spiro atoms. The summed E-state index contributed by atoms with van der Waals surface area (Å²) in [5, 5.41) is 2.61. The number of amides is 1. The summed E-state index contributed by atoms with van der Waals surface area (Å²) in [6, 6.07) is 16.8. The van der Waals surface area contributed by atoms with Crippen molar-refractivity contribution < 1.29 is 13.2 Å². The van der Waals surface area contributed by atoms with Crippen LogP contribution in [-0.2, 0) is 21.2 Å². The maximum Gasteiger partial charge on any atom is 0.247 e. The Morgan fingerprint density at radius 1 is 1.00 bits per heavy atom. The lowest BCUT2D eigenvalue weighted by molar-refractivity contribution is -0.111. The second-order valence-corrected chi connectivity index (χ2v) is 9.35. The number of carbonyl (C=O) groups is 1. The van der Waals surface area contributed by atoms with Crippen LogP contribution in [0.15, 0.2) is 72.1 Å². The summed E-state index contributed by atoms with van der Waals surface area (Å²) in [4.78, 5) is 14.0. The second kappa shape index (κ2) is 10.5. The van der Waals surface area contributed by atoms with E-state index in [1.807, 2.05) is 6.07 Å². The summed E-state index contributed by atoms with van der Waals surface area (Å²) in [5.74, 6) is -0.370. The van der Waals surface area contributed by atoms with Gasteiger partial charge in [-0.25, -0.2) is 8.42 Å². The zero-order valence-corrected chi connectivity index (χ0v) is 18.0. The van der Waals surface area contributed by atoms with Gasteiger partial charge in [-0.1, -0.05) is 43.0 Å². The molecule has 2 aromatic rings. The molecule has 0 unspecified atom stereocenters. The third-order valence-corrected chi connectivity index (χ3v) is 7.18. The number of anilines is 1. The molecule has 0 aromatic heterocycles. The molecule has 3 rings (SSSR count). The standard InChI is InChI=1S/C23H29N3O3S/c1-2-23(27)24-21-12-8-13-22(19-21)30(28,29)26-17-15-25(16-18-26)14-7-6-11-20-9-4-3-5-10-20/h2-5,8-10,12-13,19H,1,6-7,11,14-18H2,(H,24,27). The molecule has 2 aromatic carbocycles. The van der Waals surface area contributed by atoms with Crippen LogP contribution >= 0.6 is 0 Å². The van der Waals surface area contributed by atoms with Gasteiger partial charge in [0.05, 0.1) is 4.90 Å². The summed E-state index contributed by atoms with van der Waals surface area (Å²) in [6.45, 7) is 6.82. The number of aryl methyl sites for hydroxylation is 1. The van der Waals surface area contributed by atoms with Gasteiger partial charge in [0.15, 0.2) is 0 Å². The fourth-order valence-electron chi connectivity index (χ4n) is 3.58. The second-order valence-electron chi connectivity index (χ2n) is 7.41. The number of hydrogen-bond donors (Lipinski definition) is 1. The SMILES string of the molecule is C=CC(=O)Nc1cccc(S(=O)(=O)N2CCN(CCCCc3ccccc3)CC2)c1. The Morgan fingerprint density at radius 3 is 2.43 bits per heavy atom. The van der Waals surface area contributed by atoms with E-state index in [0.29, 0.717) is 18.8 Å². The molecule has 1 aliphatic rings. The molecular formula is C23H29N3O3S. The monoisotopic (exact) mass is 427 g/mol. The van der Waals surface area contributed by atoms with Gasteiger partial charge in [-0.05, 0) is 55.6 Å². The molecule has 1 heterocycles. The van der Waals surface area contributed by atoms with Crippen LogP contribution in [0.4, 0.5) is 5.69 Å². The van der Waals surface area contributed by atoms with Crippen LogP contribution in [0.3, 0.4) is 0 Å².